The first-order valence-corrected chi connectivity index (χ1v) is 9.59. The molecular weight excluding hydrogens is 364 g/mol. The molecule has 4 rings (SSSR count). The maximum absolute atomic E-state index is 12.9. The maximum Gasteiger partial charge on any atom is 0.316 e. The topological polar surface area (TPSA) is 67.2 Å². The van der Waals surface area contributed by atoms with Gasteiger partial charge in [0.05, 0.1) is 12.2 Å². The summed E-state index contributed by atoms with van der Waals surface area (Å²) in [6, 6.07) is 5.31. The van der Waals surface area contributed by atoms with Gasteiger partial charge in [-0.25, -0.2) is 0 Å². The van der Waals surface area contributed by atoms with Crippen molar-refractivity contribution < 1.29 is 9.59 Å². The Bertz CT molecular complexity index is 934. The molecule has 0 fully saturated rings. The molecule has 1 unspecified atom stereocenters. The van der Waals surface area contributed by atoms with Crippen LogP contribution in [-0.4, -0.2) is 28.1 Å². The summed E-state index contributed by atoms with van der Waals surface area (Å²) in [5.74, 6) is -1.12. The van der Waals surface area contributed by atoms with Crippen LogP contribution in [0.3, 0.4) is 0 Å². The fourth-order valence-corrected chi connectivity index (χ4v) is 4.77. The largest absolute Gasteiger partial charge is 0.341 e. The van der Waals surface area contributed by atoms with Crippen molar-refractivity contribution in [2.45, 2.75) is 44.6 Å². The lowest BCUT2D eigenvalue weighted by Crippen LogP contribution is -2.45. The molecule has 1 aliphatic heterocycles. The standard InChI is InChI=1S/C20H23ClN4O2/c1-20(2)11-25(16-9-4-6-13(21)17(16)20)19(27)18(26)23-14-7-5-8-15-12(14)10-22-24(15)3/h4,6,9-10,14H,5,7-8,11H2,1-3H3,(H,23,26). The molecule has 2 amide bonds. The van der Waals surface area contributed by atoms with Crippen molar-refractivity contribution >= 4 is 29.1 Å². The highest BCUT2D eigenvalue weighted by Gasteiger charge is 2.41. The highest BCUT2D eigenvalue weighted by molar-refractivity contribution is 6.41. The molecule has 7 heteroatoms. The van der Waals surface area contributed by atoms with E-state index in [1.807, 2.05) is 43.8 Å². The minimum absolute atomic E-state index is 0.173. The van der Waals surface area contributed by atoms with Gasteiger partial charge in [0.25, 0.3) is 0 Å². The molecular formula is C20H23ClN4O2. The highest BCUT2D eigenvalue weighted by atomic mass is 35.5. The lowest BCUT2D eigenvalue weighted by atomic mass is 9.87. The SMILES string of the molecule is Cn1ncc2c1CCCC2NC(=O)C(=O)N1CC(C)(C)c2c(Cl)cccc21. The Hall–Kier alpha value is -2.34. The molecule has 1 N–H and O–H groups in total. The number of benzene rings is 1. The predicted molar refractivity (Wildman–Crippen MR) is 104 cm³/mol. The van der Waals surface area contributed by atoms with E-state index < -0.39 is 11.8 Å². The van der Waals surface area contributed by atoms with Crippen LogP contribution in [0.5, 0.6) is 0 Å². The summed E-state index contributed by atoms with van der Waals surface area (Å²) in [7, 11) is 1.90. The Morgan fingerprint density at radius 2 is 2.11 bits per heavy atom. The molecule has 0 saturated carbocycles. The number of anilines is 1. The van der Waals surface area contributed by atoms with E-state index in [2.05, 4.69) is 10.4 Å². The van der Waals surface area contributed by atoms with Crippen molar-refractivity contribution in [3.8, 4) is 0 Å². The van der Waals surface area contributed by atoms with E-state index in [9.17, 15) is 9.59 Å². The van der Waals surface area contributed by atoms with Crippen LogP contribution < -0.4 is 10.2 Å². The van der Waals surface area contributed by atoms with Crippen molar-refractivity contribution in [3.05, 3.63) is 46.2 Å². The molecule has 6 nitrogen and oxygen atoms in total. The Morgan fingerprint density at radius 1 is 1.33 bits per heavy atom. The first kappa shape index (κ1) is 18.0. The van der Waals surface area contributed by atoms with Crippen LogP contribution in [0.4, 0.5) is 5.69 Å². The van der Waals surface area contributed by atoms with Gasteiger partial charge >= 0.3 is 11.8 Å². The third-order valence-electron chi connectivity index (χ3n) is 5.63. The second-order valence-corrected chi connectivity index (χ2v) is 8.40. The third kappa shape index (κ3) is 2.92. The predicted octanol–water partition coefficient (Wildman–Crippen LogP) is 2.89. The van der Waals surface area contributed by atoms with Crippen molar-refractivity contribution in [2.75, 3.05) is 11.4 Å². The monoisotopic (exact) mass is 386 g/mol. The number of fused-ring (bicyclic) bond motifs is 2. The highest BCUT2D eigenvalue weighted by Crippen LogP contribution is 2.44. The molecule has 0 spiro atoms. The van der Waals surface area contributed by atoms with Gasteiger partial charge in [-0.2, -0.15) is 5.10 Å². The Labute approximate surface area is 163 Å². The zero-order valence-electron chi connectivity index (χ0n) is 15.8. The first-order chi connectivity index (χ1) is 12.8. The van der Waals surface area contributed by atoms with Crippen LogP contribution in [-0.2, 0) is 28.5 Å². The van der Waals surface area contributed by atoms with Crippen LogP contribution in [0.15, 0.2) is 24.4 Å². The summed E-state index contributed by atoms with van der Waals surface area (Å²) in [5.41, 5.74) is 3.47. The Morgan fingerprint density at radius 3 is 2.89 bits per heavy atom. The van der Waals surface area contributed by atoms with Crippen LogP contribution in [0, 0.1) is 0 Å². The molecule has 142 valence electrons. The number of hydrogen-bond donors (Lipinski definition) is 1. The number of nitrogens with one attached hydrogen (secondary N) is 1. The average Bonchev–Trinajstić information content (AvgIpc) is 3.13. The third-order valence-corrected chi connectivity index (χ3v) is 5.95. The number of nitrogens with zero attached hydrogens (tertiary/aromatic N) is 3. The summed E-state index contributed by atoms with van der Waals surface area (Å²) in [6.07, 6.45) is 4.50. The molecule has 0 saturated heterocycles. The fourth-order valence-electron chi connectivity index (χ4n) is 4.35. The minimum atomic E-state index is -0.583. The first-order valence-electron chi connectivity index (χ1n) is 9.22. The number of rotatable bonds is 1. The van der Waals surface area contributed by atoms with Gasteiger partial charge < -0.3 is 10.2 Å². The van der Waals surface area contributed by atoms with Crippen molar-refractivity contribution in [1.82, 2.24) is 15.1 Å². The summed E-state index contributed by atoms with van der Waals surface area (Å²) in [4.78, 5) is 27.3. The molecule has 0 bridgehead atoms. The van der Waals surface area contributed by atoms with Crippen LogP contribution in [0.25, 0.3) is 0 Å². The minimum Gasteiger partial charge on any atom is -0.341 e. The van der Waals surface area contributed by atoms with Crippen LogP contribution >= 0.6 is 11.6 Å². The summed E-state index contributed by atoms with van der Waals surface area (Å²) < 4.78 is 1.84. The fraction of sp³-hybridized carbons (Fsp3) is 0.450. The lowest BCUT2D eigenvalue weighted by molar-refractivity contribution is -0.138. The Kier molecular flexibility index (Phi) is 4.26. The van der Waals surface area contributed by atoms with Gasteiger partial charge in [-0.1, -0.05) is 31.5 Å². The molecule has 2 aliphatic rings. The molecule has 2 aromatic rings. The smallest absolute Gasteiger partial charge is 0.316 e. The number of carbonyl (C=O) groups is 2. The van der Waals surface area contributed by atoms with Gasteiger partial charge in [0.15, 0.2) is 0 Å². The summed E-state index contributed by atoms with van der Waals surface area (Å²) in [5, 5.41) is 7.84. The number of halogens is 1. The van der Waals surface area contributed by atoms with Crippen molar-refractivity contribution in [3.63, 3.8) is 0 Å². The second kappa shape index (κ2) is 6.37. The van der Waals surface area contributed by atoms with Crippen LogP contribution in [0.2, 0.25) is 5.02 Å². The number of amides is 2. The number of aromatic nitrogens is 2. The van der Waals surface area contributed by atoms with Crippen molar-refractivity contribution in [2.24, 2.45) is 7.05 Å². The van der Waals surface area contributed by atoms with Gasteiger partial charge in [-0.05, 0) is 31.4 Å². The van der Waals surface area contributed by atoms with E-state index in [0.29, 0.717) is 11.6 Å². The second-order valence-electron chi connectivity index (χ2n) is 8.00. The summed E-state index contributed by atoms with van der Waals surface area (Å²) in [6.45, 7) is 4.50. The molecule has 0 radical (unpaired) electrons. The Balaban J connectivity index is 1.57. The zero-order chi connectivity index (χ0) is 19.3. The maximum atomic E-state index is 12.9. The van der Waals surface area contributed by atoms with E-state index in [1.54, 1.807) is 11.1 Å². The van der Waals surface area contributed by atoms with Gasteiger partial charge in [0, 0.05) is 46.5 Å². The number of carbonyl (C=O) groups excluding carboxylic acids is 2. The van der Waals surface area contributed by atoms with Gasteiger partial charge in [-0.3, -0.25) is 14.3 Å². The zero-order valence-corrected chi connectivity index (χ0v) is 16.5. The number of hydrogen-bond acceptors (Lipinski definition) is 3. The number of aryl methyl sites for hydroxylation is 1. The van der Waals surface area contributed by atoms with Crippen LogP contribution in [0.1, 0.15) is 49.6 Å². The molecule has 1 aromatic heterocycles. The molecule has 27 heavy (non-hydrogen) atoms. The average molecular weight is 387 g/mol. The quantitative estimate of drug-likeness (QED) is 0.766. The molecule has 1 aromatic carbocycles. The molecule has 1 atom stereocenters. The van der Waals surface area contributed by atoms with Crippen molar-refractivity contribution in [1.29, 1.82) is 0 Å². The van der Waals surface area contributed by atoms with Gasteiger partial charge in [0.2, 0.25) is 0 Å². The normalized spacial score (nSPS) is 20.1. The van der Waals surface area contributed by atoms with E-state index >= 15 is 0 Å². The van der Waals surface area contributed by atoms with E-state index in [4.69, 9.17) is 11.6 Å². The lowest BCUT2D eigenvalue weighted by Gasteiger charge is -2.25. The summed E-state index contributed by atoms with van der Waals surface area (Å²) >= 11 is 6.37. The van der Waals surface area contributed by atoms with E-state index in [1.165, 1.54) is 0 Å². The molecule has 1 aliphatic carbocycles. The van der Waals surface area contributed by atoms with Gasteiger partial charge in [0.1, 0.15) is 0 Å². The van der Waals surface area contributed by atoms with E-state index in [-0.39, 0.29) is 11.5 Å². The van der Waals surface area contributed by atoms with E-state index in [0.717, 1.165) is 41.8 Å². The molecule has 2 heterocycles. The van der Waals surface area contributed by atoms with Gasteiger partial charge in [-0.15, -0.1) is 0 Å².